The zero-order valence-corrected chi connectivity index (χ0v) is 17.7. The number of benzene rings is 4. The Hall–Kier alpha value is -3.92. The summed E-state index contributed by atoms with van der Waals surface area (Å²) in [5, 5.41) is 0. The fourth-order valence-corrected chi connectivity index (χ4v) is 3.36. The quantitative estimate of drug-likeness (QED) is 0.339. The molecular formula is C27H26N2O2. The third-order valence-corrected chi connectivity index (χ3v) is 5.35. The van der Waals surface area contributed by atoms with Gasteiger partial charge < -0.3 is 20.9 Å². The molecule has 4 aromatic carbocycles. The van der Waals surface area contributed by atoms with Crippen LogP contribution < -0.4 is 20.9 Å². The third kappa shape index (κ3) is 4.98. The Morgan fingerprint density at radius 2 is 1.00 bits per heavy atom. The topological polar surface area (TPSA) is 70.5 Å². The van der Waals surface area contributed by atoms with Gasteiger partial charge in [-0.1, -0.05) is 31.2 Å². The molecule has 0 radical (unpaired) electrons. The summed E-state index contributed by atoms with van der Waals surface area (Å²) >= 11 is 0. The molecule has 0 spiro atoms. The minimum atomic E-state index is 0.249. The molecule has 156 valence electrons. The lowest BCUT2D eigenvalue weighted by molar-refractivity contribution is 0.482. The standard InChI is InChI=1S/C27H26N2O2/c1-18-17-26(15-16-27(18)29)31-24-11-5-21(6-12-24)19(2)20-3-9-23(10-4-20)30-25-13-7-22(28)8-14-25/h3-17,19H,28-29H2,1-2H3. The molecule has 1 unspecified atom stereocenters. The number of rotatable bonds is 6. The van der Waals surface area contributed by atoms with Crippen molar-refractivity contribution < 1.29 is 9.47 Å². The Bertz CT molecular complexity index is 1150. The molecule has 0 saturated heterocycles. The zero-order chi connectivity index (χ0) is 21.8. The van der Waals surface area contributed by atoms with Gasteiger partial charge in [-0.05, 0) is 90.3 Å². The molecule has 0 aliphatic rings. The summed E-state index contributed by atoms with van der Waals surface area (Å²) in [6.07, 6.45) is 0. The van der Waals surface area contributed by atoms with Crippen LogP contribution in [0.4, 0.5) is 11.4 Å². The molecule has 1 atom stereocenters. The summed E-state index contributed by atoms with van der Waals surface area (Å²) in [5.41, 5.74) is 16.5. The molecule has 31 heavy (non-hydrogen) atoms. The van der Waals surface area contributed by atoms with Gasteiger partial charge in [-0.3, -0.25) is 0 Å². The number of hydrogen-bond acceptors (Lipinski definition) is 4. The molecule has 4 heteroatoms. The Balaban J connectivity index is 1.42. The summed E-state index contributed by atoms with van der Waals surface area (Å²) < 4.78 is 11.8. The van der Waals surface area contributed by atoms with Crippen molar-refractivity contribution in [1.82, 2.24) is 0 Å². The predicted molar refractivity (Wildman–Crippen MR) is 127 cm³/mol. The summed E-state index contributed by atoms with van der Waals surface area (Å²) in [4.78, 5) is 0. The zero-order valence-electron chi connectivity index (χ0n) is 17.7. The van der Waals surface area contributed by atoms with E-state index in [0.29, 0.717) is 0 Å². The van der Waals surface area contributed by atoms with E-state index in [4.69, 9.17) is 20.9 Å². The fourth-order valence-electron chi connectivity index (χ4n) is 3.36. The van der Waals surface area contributed by atoms with Crippen molar-refractivity contribution in [2.75, 3.05) is 11.5 Å². The lowest BCUT2D eigenvalue weighted by Gasteiger charge is -2.15. The molecule has 0 aromatic heterocycles. The van der Waals surface area contributed by atoms with Gasteiger partial charge in [0.05, 0.1) is 0 Å². The predicted octanol–water partition coefficient (Wildman–Crippen LogP) is 6.90. The first-order valence-corrected chi connectivity index (χ1v) is 10.3. The van der Waals surface area contributed by atoms with E-state index < -0.39 is 0 Å². The average molecular weight is 411 g/mol. The second kappa shape index (κ2) is 8.84. The molecule has 0 amide bonds. The van der Waals surface area contributed by atoms with Crippen molar-refractivity contribution in [2.45, 2.75) is 19.8 Å². The van der Waals surface area contributed by atoms with E-state index in [2.05, 4.69) is 31.2 Å². The van der Waals surface area contributed by atoms with Crippen molar-refractivity contribution in [2.24, 2.45) is 0 Å². The van der Waals surface area contributed by atoms with Gasteiger partial charge in [0.1, 0.15) is 23.0 Å². The molecule has 4 N–H and O–H groups in total. The summed E-state index contributed by atoms with van der Waals surface area (Å²) in [6.45, 7) is 4.16. The summed E-state index contributed by atoms with van der Waals surface area (Å²) in [6, 6.07) is 29.4. The Labute approximate surface area is 183 Å². The van der Waals surface area contributed by atoms with Crippen molar-refractivity contribution >= 4 is 11.4 Å². The second-order valence-electron chi connectivity index (χ2n) is 7.65. The first-order valence-electron chi connectivity index (χ1n) is 10.3. The van der Waals surface area contributed by atoms with Crippen molar-refractivity contribution in [3.63, 3.8) is 0 Å². The number of ether oxygens (including phenoxy) is 2. The van der Waals surface area contributed by atoms with E-state index >= 15 is 0 Å². The highest BCUT2D eigenvalue weighted by molar-refractivity contribution is 5.50. The van der Waals surface area contributed by atoms with E-state index in [1.165, 1.54) is 11.1 Å². The van der Waals surface area contributed by atoms with E-state index in [0.717, 1.165) is 39.9 Å². The van der Waals surface area contributed by atoms with E-state index in [1.54, 1.807) is 0 Å². The maximum Gasteiger partial charge on any atom is 0.127 e. The van der Waals surface area contributed by atoms with Gasteiger partial charge in [-0.15, -0.1) is 0 Å². The van der Waals surface area contributed by atoms with Crippen molar-refractivity contribution in [1.29, 1.82) is 0 Å². The van der Waals surface area contributed by atoms with Gasteiger partial charge in [-0.2, -0.15) is 0 Å². The first-order chi connectivity index (χ1) is 15.0. The van der Waals surface area contributed by atoms with Gasteiger partial charge in [0.25, 0.3) is 0 Å². The minimum absolute atomic E-state index is 0.249. The van der Waals surface area contributed by atoms with E-state index in [1.807, 2.05) is 73.7 Å². The average Bonchev–Trinajstić information content (AvgIpc) is 2.78. The molecule has 0 aliphatic heterocycles. The lowest BCUT2D eigenvalue weighted by Crippen LogP contribution is -1.96. The van der Waals surface area contributed by atoms with E-state index in [-0.39, 0.29) is 5.92 Å². The van der Waals surface area contributed by atoms with Crippen LogP contribution in [0.15, 0.2) is 91.0 Å². The highest BCUT2D eigenvalue weighted by Crippen LogP contribution is 2.30. The highest BCUT2D eigenvalue weighted by Gasteiger charge is 2.10. The highest BCUT2D eigenvalue weighted by atomic mass is 16.5. The van der Waals surface area contributed by atoms with Crippen molar-refractivity contribution in [3.8, 4) is 23.0 Å². The van der Waals surface area contributed by atoms with Gasteiger partial charge in [-0.25, -0.2) is 0 Å². The van der Waals surface area contributed by atoms with Crippen LogP contribution in [-0.4, -0.2) is 0 Å². The Morgan fingerprint density at radius 3 is 1.48 bits per heavy atom. The molecule has 0 aliphatic carbocycles. The van der Waals surface area contributed by atoms with Crippen LogP contribution in [0, 0.1) is 6.92 Å². The van der Waals surface area contributed by atoms with Crippen LogP contribution in [0.3, 0.4) is 0 Å². The van der Waals surface area contributed by atoms with Gasteiger partial charge >= 0.3 is 0 Å². The maximum absolute atomic E-state index is 5.95. The molecule has 0 saturated carbocycles. The summed E-state index contributed by atoms with van der Waals surface area (Å²) in [7, 11) is 0. The van der Waals surface area contributed by atoms with Crippen LogP contribution in [-0.2, 0) is 0 Å². The van der Waals surface area contributed by atoms with Crippen LogP contribution in [0.5, 0.6) is 23.0 Å². The first kappa shape index (κ1) is 20.4. The van der Waals surface area contributed by atoms with Gasteiger partial charge in [0.15, 0.2) is 0 Å². The van der Waals surface area contributed by atoms with Crippen LogP contribution in [0.1, 0.15) is 29.5 Å². The van der Waals surface area contributed by atoms with E-state index in [9.17, 15) is 0 Å². The number of hydrogen-bond donors (Lipinski definition) is 2. The molecule has 0 heterocycles. The SMILES string of the molecule is Cc1cc(Oc2ccc(C(C)c3ccc(Oc4ccc(N)cc4)cc3)cc2)ccc1N. The maximum atomic E-state index is 5.95. The molecule has 4 aromatic rings. The second-order valence-corrected chi connectivity index (χ2v) is 7.65. The molecular weight excluding hydrogens is 384 g/mol. The number of anilines is 2. The molecule has 4 nitrogen and oxygen atoms in total. The Morgan fingerprint density at radius 1 is 0.581 bits per heavy atom. The van der Waals surface area contributed by atoms with Crippen LogP contribution in [0.25, 0.3) is 0 Å². The molecule has 4 rings (SSSR count). The minimum Gasteiger partial charge on any atom is -0.457 e. The van der Waals surface area contributed by atoms with Gasteiger partial charge in [0.2, 0.25) is 0 Å². The van der Waals surface area contributed by atoms with Crippen LogP contribution in [0.2, 0.25) is 0 Å². The smallest absolute Gasteiger partial charge is 0.127 e. The fraction of sp³-hybridized carbons (Fsp3) is 0.111. The third-order valence-electron chi connectivity index (χ3n) is 5.35. The molecule has 0 bridgehead atoms. The van der Waals surface area contributed by atoms with Crippen molar-refractivity contribution in [3.05, 3.63) is 108 Å². The lowest BCUT2D eigenvalue weighted by atomic mass is 9.93. The normalized spacial score (nSPS) is 11.7. The number of aryl methyl sites for hydroxylation is 1. The van der Waals surface area contributed by atoms with Gasteiger partial charge in [0, 0.05) is 17.3 Å². The summed E-state index contributed by atoms with van der Waals surface area (Å²) in [5.74, 6) is 3.39. The largest absolute Gasteiger partial charge is 0.457 e. The number of nitrogens with two attached hydrogens (primary N) is 2. The molecule has 0 fully saturated rings. The Kier molecular flexibility index (Phi) is 5.80. The monoisotopic (exact) mass is 410 g/mol. The number of nitrogen functional groups attached to an aromatic ring is 2. The van der Waals surface area contributed by atoms with Crippen LogP contribution >= 0.6 is 0 Å².